The number of fused-ring (bicyclic) bond motifs is 2. The predicted molar refractivity (Wildman–Crippen MR) is 84.5 cm³/mol. The zero-order chi connectivity index (χ0) is 13.7. The van der Waals surface area contributed by atoms with Gasteiger partial charge < -0.3 is 4.90 Å². The van der Waals surface area contributed by atoms with Crippen molar-refractivity contribution in [2.75, 3.05) is 11.4 Å². The predicted octanol–water partition coefficient (Wildman–Crippen LogP) is 4.47. The number of hydrogen-bond donors (Lipinski definition) is 0. The highest BCUT2D eigenvalue weighted by atomic mass is 15.2. The van der Waals surface area contributed by atoms with E-state index in [1.807, 2.05) is 0 Å². The third-order valence-electron chi connectivity index (χ3n) is 5.32. The first kappa shape index (κ1) is 12.0. The molecule has 0 radical (unpaired) electrons. The van der Waals surface area contributed by atoms with Crippen molar-refractivity contribution in [3.05, 3.63) is 65.2 Å². The lowest BCUT2D eigenvalue weighted by atomic mass is 9.68. The third kappa shape index (κ3) is 1.56. The lowest BCUT2D eigenvalue weighted by Gasteiger charge is -2.52. The highest BCUT2D eigenvalue weighted by Crippen LogP contribution is 2.52. The number of hydrogen-bond acceptors (Lipinski definition) is 1. The van der Waals surface area contributed by atoms with Crippen LogP contribution in [0.25, 0.3) is 0 Å². The standard InChI is InChI=1S/C19H21N/c1-13-7-3-4-8-15(13)19-14(2)20-12-11-17(19)16-9-5-6-10-18(16)20/h3-10,14,17,19H,11-12H2,1-2H3. The van der Waals surface area contributed by atoms with Gasteiger partial charge in [0.05, 0.1) is 0 Å². The first-order valence-electron chi connectivity index (χ1n) is 7.68. The molecule has 102 valence electrons. The maximum Gasteiger partial charge on any atom is 0.0404 e. The third-order valence-corrected chi connectivity index (χ3v) is 5.32. The number of anilines is 1. The fraction of sp³-hybridized carbons (Fsp3) is 0.368. The quantitative estimate of drug-likeness (QED) is 0.733. The molecule has 1 fully saturated rings. The monoisotopic (exact) mass is 263 g/mol. The van der Waals surface area contributed by atoms with Crippen molar-refractivity contribution in [2.24, 2.45) is 0 Å². The summed E-state index contributed by atoms with van der Waals surface area (Å²) >= 11 is 0. The van der Waals surface area contributed by atoms with Crippen molar-refractivity contribution in [2.45, 2.75) is 38.1 Å². The van der Waals surface area contributed by atoms with Gasteiger partial charge in [0, 0.05) is 24.2 Å². The topological polar surface area (TPSA) is 3.24 Å². The van der Waals surface area contributed by atoms with Crippen molar-refractivity contribution in [3.8, 4) is 0 Å². The van der Waals surface area contributed by atoms with Gasteiger partial charge in [0.2, 0.25) is 0 Å². The van der Waals surface area contributed by atoms with E-state index in [-0.39, 0.29) is 0 Å². The van der Waals surface area contributed by atoms with E-state index in [9.17, 15) is 0 Å². The molecule has 0 amide bonds. The van der Waals surface area contributed by atoms with E-state index in [4.69, 9.17) is 0 Å². The normalized spacial score (nSPS) is 27.5. The molecule has 5 rings (SSSR count). The van der Waals surface area contributed by atoms with Crippen LogP contribution in [0.2, 0.25) is 0 Å². The van der Waals surface area contributed by atoms with Crippen LogP contribution >= 0.6 is 0 Å². The summed E-state index contributed by atoms with van der Waals surface area (Å²) in [5.41, 5.74) is 6.02. The maximum absolute atomic E-state index is 2.62. The van der Waals surface area contributed by atoms with E-state index in [1.54, 1.807) is 11.1 Å². The Balaban J connectivity index is 1.87. The van der Waals surface area contributed by atoms with Crippen LogP contribution in [0.15, 0.2) is 48.5 Å². The average molecular weight is 263 g/mol. The van der Waals surface area contributed by atoms with Gasteiger partial charge in [0.1, 0.15) is 0 Å². The molecule has 0 N–H and O–H groups in total. The van der Waals surface area contributed by atoms with Gasteiger partial charge in [-0.05, 0) is 48.9 Å². The number of aryl methyl sites for hydroxylation is 1. The van der Waals surface area contributed by atoms with Crippen molar-refractivity contribution in [1.82, 2.24) is 0 Å². The second-order valence-corrected chi connectivity index (χ2v) is 6.27. The Kier molecular flexibility index (Phi) is 2.63. The van der Waals surface area contributed by atoms with Crippen molar-refractivity contribution in [1.29, 1.82) is 0 Å². The molecule has 0 aliphatic carbocycles. The molecule has 3 aliphatic rings. The van der Waals surface area contributed by atoms with E-state index < -0.39 is 0 Å². The summed E-state index contributed by atoms with van der Waals surface area (Å²) in [6.07, 6.45) is 1.29. The van der Waals surface area contributed by atoms with Crippen LogP contribution in [-0.2, 0) is 0 Å². The molecular formula is C19H21N. The van der Waals surface area contributed by atoms with Crippen molar-refractivity contribution < 1.29 is 0 Å². The molecule has 2 bridgehead atoms. The minimum Gasteiger partial charge on any atom is -0.368 e. The number of nitrogens with zero attached hydrogens (tertiary/aromatic N) is 1. The zero-order valence-electron chi connectivity index (χ0n) is 12.2. The second-order valence-electron chi connectivity index (χ2n) is 6.27. The molecule has 3 unspecified atom stereocenters. The Morgan fingerprint density at radius 2 is 1.65 bits per heavy atom. The van der Waals surface area contributed by atoms with E-state index in [1.165, 1.54) is 24.2 Å². The number of rotatable bonds is 1. The lowest BCUT2D eigenvalue weighted by Crippen LogP contribution is -2.50. The fourth-order valence-electron chi connectivity index (χ4n) is 4.38. The highest BCUT2D eigenvalue weighted by Gasteiger charge is 2.43. The van der Waals surface area contributed by atoms with Gasteiger partial charge in [-0.3, -0.25) is 0 Å². The second kappa shape index (κ2) is 4.37. The lowest BCUT2D eigenvalue weighted by molar-refractivity contribution is 0.347. The zero-order valence-corrected chi connectivity index (χ0v) is 12.2. The summed E-state index contributed by atoms with van der Waals surface area (Å²) in [5.74, 6) is 1.33. The van der Waals surface area contributed by atoms with Gasteiger partial charge in [-0.25, -0.2) is 0 Å². The minimum absolute atomic E-state index is 0.602. The molecule has 3 heterocycles. The molecule has 1 saturated heterocycles. The van der Waals surface area contributed by atoms with Crippen LogP contribution in [0.1, 0.15) is 41.9 Å². The molecule has 3 atom stereocenters. The molecule has 1 heteroatoms. The van der Waals surface area contributed by atoms with Gasteiger partial charge in [-0.15, -0.1) is 0 Å². The Hall–Kier alpha value is -1.76. The van der Waals surface area contributed by atoms with Gasteiger partial charge in [0.15, 0.2) is 0 Å². The van der Waals surface area contributed by atoms with Crippen molar-refractivity contribution >= 4 is 5.69 Å². The van der Waals surface area contributed by atoms with Gasteiger partial charge >= 0.3 is 0 Å². The van der Waals surface area contributed by atoms with Crippen molar-refractivity contribution in [3.63, 3.8) is 0 Å². The summed E-state index contributed by atoms with van der Waals surface area (Å²) in [6.45, 7) is 5.87. The van der Waals surface area contributed by atoms with Gasteiger partial charge in [-0.2, -0.15) is 0 Å². The minimum atomic E-state index is 0.602. The molecule has 1 nitrogen and oxygen atoms in total. The molecule has 0 aromatic heterocycles. The molecule has 0 spiro atoms. The highest BCUT2D eigenvalue weighted by molar-refractivity contribution is 5.62. The molecular weight excluding hydrogens is 242 g/mol. The van der Waals surface area contributed by atoms with Crippen LogP contribution in [0.3, 0.4) is 0 Å². The molecule has 2 aromatic carbocycles. The SMILES string of the molecule is Cc1ccccc1C1C2CCN(c3ccccc32)C1C. The summed E-state index contributed by atoms with van der Waals surface area (Å²) in [4.78, 5) is 2.62. The summed E-state index contributed by atoms with van der Waals surface area (Å²) in [7, 11) is 0. The average Bonchev–Trinajstić information content (AvgIpc) is 2.49. The van der Waals surface area contributed by atoms with E-state index in [2.05, 4.69) is 67.3 Å². The van der Waals surface area contributed by atoms with E-state index in [0.717, 1.165) is 0 Å². The van der Waals surface area contributed by atoms with Crippen LogP contribution in [-0.4, -0.2) is 12.6 Å². The summed E-state index contributed by atoms with van der Waals surface area (Å²) < 4.78 is 0. The van der Waals surface area contributed by atoms with E-state index in [0.29, 0.717) is 17.9 Å². The molecule has 2 aromatic rings. The molecule has 0 saturated carbocycles. The largest absolute Gasteiger partial charge is 0.368 e. The Bertz CT molecular complexity index is 646. The first-order valence-corrected chi connectivity index (χ1v) is 7.68. The first-order chi connectivity index (χ1) is 9.77. The Labute approximate surface area is 121 Å². The number of piperidine rings is 1. The maximum atomic E-state index is 2.62. The summed E-state index contributed by atoms with van der Waals surface area (Å²) in [6, 6.07) is 18.5. The number of benzene rings is 2. The fourth-order valence-corrected chi connectivity index (χ4v) is 4.38. The Morgan fingerprint density at radius 1 is 0.950 bits per heavy atom. The van der Waals surface area contributed by atoms with Crippen LogP contribution in [0.5, 0.6) is 0 Å². The van der Waals surface area contributed by atoms with Crippen LogP contribution in [0, 0.1) is 6.92 Å². The Morgan fingerprint density at radius 3 is 2.45 bits per heavy atom. The molecule has 20 heavy (non-hydrogen) atoms. The van der Waals surface area contributed by atoms with Crippen LogP contribution in [0.4, 0.5) is 5.69 Å². The smallest absolute Gasteiger partial charge is 0.0404 e. The number of para-hydroxylation sites is 1. The van der Waals surface area contributed by atoms with Gasteiger partial charge in [-0.1, -0.05) is 42.5 Å². The van der Waals surface area contributed by atoms with E-state index >= 15 is 0 Å². The molecule has 3 aliphatic heterocycles. The van der Waals surface area contributed by atoms with Gasteiger partial charge in [0.25, 0.3) is 0 Å². The van der Waals surface area contributed by atoms with Crippen LogP contribution < -0.4 is 4.90 Å². The summed E-state index contributed by atoms with van der Waals surface area (Å²) in [5, 5.41) is 0.